The summed E-state index contributed by atoms with van der Waals surface area (Å²) in [7, 11) is 0. The van der Waals surface area contributed by atoms with Crippen LogP contribution in [-0.2, 0) is 12.8 Å². The van der Waals surface area contributed by atoms with Crippen LogP contribution in [0, 0.1) is 5.92 Å². The maximum Gasteiger partial charge on any atom is 0.122 e. The zero-order chi connectivity index (χ0) is 14.0. The molecular weight excluding hydrogens is 246 g/mol. The number of fused-ring (bicyclic) bond motifs is 1. The Hall–Kier alpha value is -1.02. The number of hydrogen-bond acceptors (Lipinski definition) is 2. The first kappa shape index (κ1) is 13.9. The smallest absolute Gasteiger partial charge is 0.122 e. The van der Waals surface area contributed by atoms with Crippen LogP contribution in [0.1, 0.15) is 56.6 Å². The Balaban J connectivity index is 1.56. The van der Waals surface area contributed by atoms with Gasteiger partial charge < -0.3 is 10.5 Å². The highest BCUT2D eigenvalue weighted by atomic mass is 16.5. The van der Waals surface area contributed by atoms with Crippen LogP contribution in [0.25, 0.3) is 0 Å². The summed E-state index contributed by atoms with van der Waals surface area (Å²) in [5, 5.41) is 0. The van der Waals surface area contributed by atoms with E-state index in [4.69, 9.17) is 10.5 Å². The maximum atomic E-state index is 6.61. The van der Waals surface area contributed by atoms with E-state index in [1.54, 1.807) is 0 Å². The molecule has 0 amide bonds. The van der Waals surface area contributed by atoms with Crippen LogP contribution in [0.2, 0.25) is 0 Å². The quantitative estimate of drug-likeness (QED) is 0.904. The number of nitrogens with two attached hydrogens (primary N) is 1. The molecule has 2 heteroatoms. The van der Waals surface area contributed by atoms with Gasteiger partial charge in [-0.2, -0.15) is 0 Å². The molecule has 3 rings (SSSR count). The molecule has 1 aromatic rings. The van der Waals surface area contributed by atoms with E-state index >= 15 is 0 Å². The predicted octanol–water partition coefficient (Wildman–Crippen LogP) is 3.85. The minimum absolute atomic E-state index is 0.0845. The third-order valence-electron chi connectivity index (χ3n) is 5.34. The molecular formula is C18H27NO. The molecule has 1 heterocycles. The van der Waals surface area contributed by atoms with Crippen molar-refractivity contribution in [3.63, 3.8) is 0 Å². The zero-order valence-corrected chi connectivity index (χ0v) is 12.7. The summed E-state index contributed by atoms with van der Waals surface area (Å²) in [6.07, 6.45) is 9.69. The number of aryl methyl sites for hydroxylation is 1. The predicted molar refractivity (Wildman–Crippen MR) is 83.1 cm³/mol. The van der Waals surface area contributed by atoms with Gasteiger partial charge in [0.1, 0.15) is 5.75 Å². The average Bonchev–Trinajstić information content (AvgIpc) is 2.94. The largest absolute Gasteiger partial charge is 0.493 e. The molecule has 0 saturated heterocycles. The minimum Gasteiger partial charge on any atom is -0.493 e. The van der Waals surface area contributed by atoms with Gasteiger partial charge in [0, 0.05) is 12.0 Å². The molecule has 2 N–H and O–H groups in total. The number of hydrogen-bond donors (Lipinski definition) is 1. The molecule has 0 spiro atoms. The molecule has 2 nitrogen and oxygen atoms in total. The highest BCUT2D eigenvalue weighted by Crippen LogP contribution is 2.35. The highest BCUT2D eigenvalue weighted by molar-refractivity contribution is 5.39. The van der Waals surface area contributed by atoms with Gasteiger partial charge in [-0.25, -0.2) is 0 Å². The van der Waals surface area contributed by atoms with Crippen molar-refractivity contribution < 1.29 is 4.74 Å². The fourth-order valence-electron chi connectivity index (χ4n) is 3.70. The first-order valence-corrected chi connectivity index (χ1v) is 8.22. The summed E-state index contributed by atoms with van der Waals surface area (Å²) in [4.78, 5) is 0. The Kier molecular flexibility index (Phi) is 4.02. The van der Waals surface area contributed by atoms with Crippen LogP contribution in [-0.4, -0.2) is 12.1 Å². The lowest BCUT2D eigenvalue weighted by Gasteiger charge is -2.37. The van der Waals surface area contributed by atoms with Gasteiger partial charge in [-0.1, -0.05) is 25.5 Å². The first-order valence-electron chi connectivity index (χ1n) is 8.22. The number of ether oxygens (including phenoxy) is 1. The van der Waals surface area contributed by atoms with Gasteiger partial charge in [-0.3, -0.25) is 0 Å². The van der Waals surface area contributed by atoms with Crippen LogP contribution < -0.4 is 10.5 Å². The lowest BCUT2D eigenvalue weighted by atomic mass is 9.73. The fraction of sp³-hybridized carbons (Fsp3) is 0.667. The van der Waals surface area contributed by atoms with Crippen molar-refractivity contribution in [2.45, 2.75) is 63.8 Å². The molecule has 1 aromatic carbocycles. The summed E-state index contributed by atoms with van der Waals surface area (Å²) >= 11 is 0. The molecule has 0 unspecified atom stereocenters. The van der Waals surface area contributed by atoms with E-state index in [1.165, 1.54) is 43.2 Å². The van der Waals surface area contributed by atoms with E-state index in [1.807, 2.05) is 0 Å². The van der Waals surface area contributed by atoms with Gasteiger partial charge in [0.2, 0.25) is 0 Å². The molecule has 0 atom stereocenters. The lowest BCUT2D eigenvalue weighted by molar-refractivity contribution is 0.218. The van der Waals surface area contributed by atoms with Crippen molar-refractivity contribution in [3.8, 4) is 5.75 Å². The maximum absolute atomic E-state index is 6.61. The highest BCUT2D eigenvalue weighted by Gasteiger charge is 2.30. The van der Waals surface area contributed by atoms with Gasteiger partial charge in [0.25, 0.3) is 0 Å². The second kappa shape index (κ2) is 5.77. The van der Waals surface area contributed by atoms with E-state index in [2.05, 4.69) is 25.1 Å². The first-order chi connectivity index (χ1) is 9.68. The summed E-state index contributed by atoms with van der Waals surface area (Å²) < 4.78 is 5.57. The van der Waals surface area contributed by atoms with Crippen molar-refractivity contribution in [2.75, 3.05) is 6.61 Å². The van der Waals surface area contributed by atoms with Crippen LogP contribution in [0.15, 0.2) is 18.2 Å². The van der Waals surface area contributed by atoms with Gasteiger partial charge in [-0.05, 0) is 61.6 Å². The number of rotatable bonds is 4. The van der Waals surface area contributed by atoms with Gasteiger partial charge in [0.15, 0.2) is 0 Å². The van der Waals surface area contributed by atoms with Crippen LogP contribution >= 0.6 is 0 Å². The Morgan fingerprint density at radius 3 is 2.85 bits per heavy atom. The molecule has 2 aliphatic rings. The van der Waals surface area contributed by atoms with E-state index in [9.17, 15) is 0 Å². The van der Waals surface area contributed by atoms with E-state index in [0.717, 1.165) is 37.5 Å². The molecule has 1 aliphatic carbocycles. The summed E-state index contributed by atoms with van der Waals surface area (Å²) in [5.41, 5.74) is 9.50. The van der Waals surface area contributed by atoms with Crippen molar-refractivity contribution in [1.82, 2.24) is 0 Å². The third kappa shape index (κ3) is 3.01. The molecule has 0 radical (unpaired) electrons. The van der Waals surface area contributed by atoms with Crippen molar-refractivity contribution in [3.05, 3.63) is 29.3 Å². The SMILES string of the molecule is CCC1CCC(N)(CCc2ccc3c(c2)CCO3)CC1. The molecule has 0 aromatic heterocycles. The Morgan fingerprint density at radius 2 is 2.10 bits per heavy atom. The van der Waals surface area contributed by atoms with Crippen molar-refractivity contribution >= 4 is 0 Å². The molecule has 0 bridgehead atoms. The molecule has 1 fully saturated rings. The molecule has 1 saturated carbocycles. The minimum atomic E-state index is 0.0845. The van der Waals surface area contributed by atoms with E-state index in [0.29, 0.717) is 0 Å². The summed E-state index contributed by atoms with van der Waals surface area (Å²) in [6, 6.07) is 6.67. The third-order valence-corrected chi connectivity index (χ3v) is 5.34. The van der Waals surface area contributed by atoms with Crippen LogP contribution in [0.5, 0.6) is 5.75 Å². The van der Waals surface area contributed by atoms with Crippen molar-refractivity contribution in [2.24, 2.45) is 11.7 Å². The van der Waals surface area contributed by atoms with Gasteiger partial charge in [-0.15, -0.1) is 0 Å². The van der Waals surface area contributed by atoms with Gasteiger partial charge in [0.05, 0.1) is 6.61 Å². The van der Waals surface area contributed by atoms with Gasteiger partial charge >= 0.3 is 0 Å². The topological polar surface area (TPSA) is 35.2 Å². The zero-order valence-electron chi connectivity index (χ0n) is 12.7. The van der Waals surface area contributed by atoms with Crippen LogP contribution in [0.3, 0.4) is 0 Å². The molecule has 20 heavy (non-hydrogen) atoms. The number of benzene rings is 1. The van der Waals surface area contributed by atoms with E-state index in [-0.39, 0.29) is 5.54 Å². The Labute approximate surface area is 122 Å². The standard InChI is InChI=1S/C18H27NO/c1-2-14-5-9-18(19,10-6-14)11-7-15-3-4-17-16(13-15)8-12-20-17/h3-4,13-14H,2,5-12,19H2,1H3. The van der Waals surface area contributed by atoms with E-state index < -0.39 is 0 Å². The summed E-state index contributed by atoms with van der Waals surface area (Å²) in [6.45, 7) is 3.15. The van der Waals surface area contributed by atoms with Crippen LogP contribution in [0.4, 0.5) is 0 Å². The van der Waals surface area contributed by atoms with Crippen molar-refractivity contribution in [1.29, 1.82) is 0 Å². The molecule has 110 valence electrons. The summed E-state index contributed by atoms with van der Waals surface area (Å²) in [5.74, 6) is 2.00. The normalized spacial score (nSPS) is 29.0. The second-order valence-corrected chi connectivity index (χ2v) is 6.75. The molecule has 1 aliphatic heterocycles. The second-order valence-electron chi connectivity index (χ2n) is 6.75. The fourth-order valence-corrected chi connectivity index (χ4v) is 3.70. The average molecular weight is 273 g/mol. The Bertz CT molecular complexity index is 460. The monoisotopic (exact) mass is 273 g/mol. The lowest BCUT2D eigenvalue weighted by Crippen LogP contribution is -2.43. The Morgan fingerprint density at radius 1 is 1.30 bits per heavy atom.